The van der Waals surface area contributed by atoms with Gasteiger partial charge in [-0.15, -0.1) is 0 Å². The Bertz CT molecular complexity index is 538. The number of hydrogen-bond donors (Lipinski definition) is 2. The normalized spacial score (nSPS) is 11.7. The van der Waals surface area contributed by atoms with Crippen molar-refractivity contribution in [1.82, 2.24) is 4.47 Å². The second-order valence-electron chi connectivity index (χ2n) is 3.08. The lowest BCUT2D eigenvalue weighted by Gasteiger charge is -2.14. The number of sulfonamides is 1. The Labute approximate surface area is 97.9 Å². The summed E-state index contributed by atoms with van der Waals surface area (Å²) in [7, 11) is -1.59. The number of benzene rings is 1. The average molecular weight is 261 g/mol. The molecule has 7 nitrogen and oxygen atoms in total. The van der Waals surface area contributed by atoms with E-state index < -0.39 is 27.3 Å². The Morgan fingerprint density at radius 2 is 2.00 bits per heavy atom. The first-order valence-electron chi connectivity index (χ1n) is 4.40. The molecule has 0 radical (unpaired) electrons. The highest BCUT2D eigenvalue weighted by molar-refractivity contribution is 7.89. The van der Waals surface area contributed by atoms with Gasteiger partial charge in [0.25, 0.3) is 10.0 Å². The molecule has 0 unspecified atom stereocenters. The van der Waals surface area contributed by atoms with Crippen LogP contribution >= 0.6 is 0 Å². The van der Waals surface area contributed by atoms with Gasteiger partial charge in [-0.05, 0) is 18.2 Å². The lowest BCUT2D eigenvalue weighted by atomic mass is 10.2. The van der Waals surface area contributed by atoms with Gasteiger partial charge in [0.05, 0.1) is 12.0 Å². The monoisotopic (exact) mass is 261 g/mol. The molecule has 8 heteroatoms. The van der Waals surface area contributed by atoms with E-state index in [4.69, 9.17) is 5.11 Å². The molecule has 0 bridgehead atoms. The van der Waals surface area contributed by atoms with E-state index in [0.29, 0.717) is 4.47 Å². The van der Waals surface area contributed by atoms with E-state index in [9.17, 15) is 18.3 Å². The van der Waals surface area contributed by atoms with E-state index in [-0.39, 0.29) is 4.90 Å². The summed E-state index contributed by atoms with van der Waals surface area (Å²) in [5.41, 5.74) is -0.490. The van der Waals surface area contributed by atoms with Crippen molar-refractivity contribution < 1.29 is 28.3 Å². The largest absolute Gasteiger partial charge is 0.507 e. The van der Waals surface area contributed by atoms with Gasteiger partial charge >= 0.3 is 5.97 Å². The van der Waals surface area contributed by atoms with Crippen LogP contribution in [0.15, 0.2) is 23.1 Å². The Morgan fingerprint density at radius 1 is 1.41 bits per heavy atom. The van der Waals surface area contributed by atoms with Crippen LogP contribution in [0.25, 0.3) is 0 Å². The van der Waals surface area contributed by atoms with Crippen LogP contribution in [0.3, 0.4) is 0 Å². The third-order valence-electron chi connectivity index (χ3n) is 2.09. The smallest absolute Gasteiger partial charge is 0.339 e. The molecule has 94 valence electrons. The first-order chi connectivity index (χ1) is 7.80. The highest BCUT2D eigenvalue weighted by Crippen LogP contribution is 2.23. The van der Waals surface area contributed by atoms with E-state index in [0.717, 1.165) is 25.3 Å². The number of carboxylic acid groups (broad SMARTS) is 1. The number of hydrogen-bond acceptors (Lipinski definition) is 5. The van der Waals surface area contributed by atoms with Crippen LogP contribution in [0.4, 0.5) is 0 Å². The van der Waals surface area contributed by atoms with Gasteiger partial charge in [0, 0.05) is 7.05 Å². The topological polar surface area (TPSA) is 104 Å². The van der Waals surface area contributed by atoms with E-state index in [2.05, 4.69) is 4.84 Å². The van der Waals surface area contributed by atoms with Crippen molar-refractivity contribution >= 4 is 16.0 Å². The maximum absolute atomic E-state index is 11.8. The molecule has 0 spiro atoms. The summed E-state index contributed by atoms with van der Waals surface area (Å²) < 4.78 is 24.1. The van der Waals surface area contributed by atoms with Gasteiger partial charge in [0.1, 0.15) is 11.3 Å². The summed E-state index contributed by atoms with van der Waals surface area (Å²) in [6.07, 6.45) is 0. The van der Waals surface area contributed by atoms with Crippen LogP contribution in [0.1, 0.15) is 10.4 Å². The minimum absolute atomic E-state index is 0.281. The van der Waals surface area contributed by atoms with Gasteiger partial charge in [-0.3, -0.25) is 4.84 Å². The molecule has 0 saturated carbocycles. The number of phenols is 1. The first-order valence-corrected chi connectivity index (χ1v) is 5.84. The second-order valence-corrected chi connectivity index (χ2v) is 5.02. The number of nitrogens with zero attached hydrogens (tertiary/aromatic N) is 1. The zero-order chi connectivity index (χ0) is 13.2. The predicted octanol–water partition coefficient (Wildman–Crippen LogP) is 0.272. The molecule has 0 aliphatic carbocycles. The summed E-state index contributed by atoms with van der Waals surface area (Å²) in [5, 5.41) is 18.0. The molecule has 0 saturated heterocycles. The number of rotatable bonds is 4. The van der Waals surface area contributed by atoms with Crippen LogP contribution in [0, 0.1) is 0 Å². The SMILES string of the molecule is CON(C)S(=O)(=O)c1ccc(O)c(C(=O)O)c1. The molecule has 0 atom stereocenters. The Kier molecular flexibility index (Phi) is 3.71. The highest BCUT2D eigenvalue weighted by atomic mass is 32.2. The fraction of sp³-hybridized carbons (Fsp3) is 0.222. The molecule has 1 aromatic carbocycles. The van der Waals surface area contributed by atoms with Crippen LogP contribution in [-0.4, -0.2) is 43.2 Å². The molecule has 0 heterocycles. The zero-order valence-electron chi connectivity index (χ0n) is 9.11. The fourth-order valence-electron chi connectivity index (χ4n) is 1.09. The molecule has 0 aliphatic rings. The summed E-state index contributed by atoms with van der Waals surface area (Å²) in [6.45, 7) is 0. The Balaban J connectivity index is 3.35. The maximum atomic E-state index is 11.8. The number of carbonyl (C=O) groups is 1. The Hall–Kier alpha value is -1.64. The van der Waals surface area contributed by atoms with Gasteiger partial charge in [-0.1, -0.05) is 4.47 Å². The molecule has 0 fully saturated rings. The average Bonchev–Trinajstić information content (AvgIpc) is 2.27. The molecule has 1 aromatic rings. The van der Waals surface area contributed by atoms with Crippen molar-refractivity contribution in [1.29, 1.82) is 0 Å². The zero-order valence-corrected chi connectivity index (χ0v) is 9.93. The van der Waals surface area contributed by atoms with E-state index in [1.165, 1.54) is 7.05 Å². The predicted molar refractivity (Wildman–Crippen MR) is 57.0 cm³/mol. The van der Waals surface area contributed by atoms with Crippen molar-refractivity contribution in [3.05, 3.63) is 23.8 Å². The molecular weight excluding hydrogens is 250 g/mol. The van der Waals surface area contributed by atoms with E-state index >= 15 is 0 Å². The van der Waals surface area contributed by atoms with Crippen LogP contribution in [-0.2, 0) is 14.9 Å². The van der Waals surface area contributed by atoms with Gasteiger partial charge in [0.15, 0.2) is 0 Å². The third kappa shape index (κ3) is 2.54. The lowest BCUT2D eigenvalue weighted by molar-refractivity contribution is -0.0258. The highest BCUT2D eigenvalue weighted by Gasteiger charge is 2.23. The van der Waals surface area contributed by atoms with Crippen LogP contribution in [0.2, 0.25) is 0 Å². The number of aromatic hydroxyl groups is 1. The summed E-state index contributed by atoms with van der Waals surface area (Å²) in [6, 6.07) is 2.95. The van der Waals surface area contributed by atoms with Gasteiger partial charge in [0.2, 0.25) is 0 Å². The van der Waals surface area contributed by atoms with Gasteiger partial charge < -0.3 is 10.2 Å². The van der Waals surface area contributed by atoms with Crippen LogP contribution in [0.5, 0.6) is 5.75 Å². The van der Waals surface area contributed by atoms with Gasteiger partial charge in [-0.2, -0.15) is 0 Å². The minimum atomic E-state index is -3.93. The Morgan fingerprint density at radius 3 is 2.47 bits per heavy atom. The summed E-state index contributed by atoms with van der Waals surface area (Å²) >= 11 is 0. The van der Waals surface area contributed by atoms with Crippen molar-refractivity contribution in [3.8, 4) is 5.75 Å². The maximum Gasteiger partial charge on any atom is 0.339 e. The van der Waals surface area contributed by atoms with Crippen molar-refractivity contribution in [2.75, 3.05) is 14.2 Å². The third-order valence-corrected chi connectivity index (χ3v) is 3.77. The quantitative estimate of drug-likeness (QED) is 0.754. The molecular formula is C9H11NO6S. The standard InChI is InChI=1S/C9H11NO6S/c1-10(16-2)17(14,15)6-3-4-8(11)7(5-6)9(12)13/h3-5,11H,1-2H3,(H,12,13). The van der Waals surface area contributed by atoms with E-state index in [1.807, 2.05) is 0 Å². The van der Waals surface area contributed by atoms with Gasteiger partial charge in [-0.25, -0.2) is 13.2 Å². The van der Waals surface area contributed by atoms with Crippen LogP contribution < -0.4 is 0 Å². The number of carboxylic acids is 1. The molecule has 1 rings (SSSR count). The summed E-state index contributed by atoms with van der Waals surface area (Å²) in [5.74, 6) is -1.92. The summed E-state index contributed by atoms with van der Waals surface area (Å²) in [4.78, 5) is 15.0. The first kappa shape index (κ1) is 13.4. The molecule has 2 N–H and O–H groups in total. The lowest BCUT2D eigenvalue weighted by Crippen LogP contribution is -2.25. The second kappa shape index (κ2) is 4.70. The number of aromatic carboxylic acids is 1. The number of hydroxylamine groups is 1. The molecule has 17 heavy (non-hydrogen) atoms. The van der Waals surface area contributed by atoms with Crippen molar-refractivity contribution in [2.24, 2.45) is 0 Å². The minimum Gasteiger partial charge on any atom is -0.507 e. The van der Waals surface area contributed by atoms with Crippen molar-refractivity contribution in [3.63, 3.8) is 0 Å². The van der Waals surface area contributed by atoms with E-state index in [1.54, 1.807) is 0 Å². The molecule has 0 amide bonds. The fourth-order valence-corrected chi connectivity index (χ4v) is 2.09. The molecule has 0 aliphatic heterocycles. The molecule has 0 aromatic heterocycles. The van der Waals surface area contributed by atoms with Crippen molar-refractivity contribution in [2.45, 2.75) is 4.90 Å².